The molecule has 1 amide bonds. The van der Waals surface area contributed by atoms with E-state index in [2.05, 4.69) is 20.5 Å². The molecule has 0 atom stereocenters. The Labute approximate surface area is 218 Å². The van der Waals surface area contributed by atoms with Gasteiger partial charge in [-0.1, -0.05) is 65.9 Å². The number of carbonyl (C=O) groups is 1. The molecular formula is C29H24FN5OS. The van der Waals surface area contributed by atoms with Gasteiger partial charge in [0.15, 0.2) is 11.0 Å². The molecule has 0 aliphatic carbocycles. The number of aromatic nitrogens is 4. The lowest BCUT2D eigenvalue weighted by Gasteiger charge is -2.12. The summed E-state index contributed by atoms with van der Waals surface area (Å²) in [5, 5.41) is 12.3. The maximum absolute atomic E-state index is 14.9. The number of rotatable bonds is 8. The van der Waals surface area contributed by atoms with Gasteiger partial charge in [-0.25, -0.2) is 4.39 Å². The molecule has 184 valence electrons. The highest BCUT2D eigenvalue weighted by atomic mass is 32.2. The Kier molecular flexibility index (Phi) is 7.37. The first-order valence-corrected chi connectivity index (χ1v) is 12.7. The summed E-state index contributed by atoms with van der Waals surface area (Å²) in [6.45, 7) is 2.44. The number of hydrogen-bond acceptors (Lipinski definition) is 5. The standard InChI is InChI=1S/C29H24FN5OS/c1-20-9-11-23(12-10-20)27-33-34-29(35(27)26-8-3-2-7-25(26)30)37-19-22-5-4-6-24(17-22)28(36)32-18-21-13-15-31-16-14-21/h2-17H,18-19H2,1H3,(H,32,36). The SMILES string of the molecule is Cc1ccc(-c2nnc(SCc3cccc(C(=O)NCc4ccncc4)c3)n2-c2ccccc2F)cc1. The van der Waals surface area contributed by atoms with Crippen molar-refractivity contribution in [1.29, 1.82) is 0 Å². The summed E-state index contributed by atoms with van der Waals surface area (Å²) in [5.41, 5.74) is 4.85. The van der Waals surface area contributed by atoms with Gasteiger partial charge in [0.05, 0.1) is 5.69 Å². The van der Waals surface area contributed by atoms with E-state index in [4.69, 9.17) is 0 Å². The number of carbonyl (C=O) groups excluding carboxylic acids is 1. The molecule has 3 aromatic carbocycles. The summed E-state index contributed by atoms with van der Waals surface area (Å²) in [4.78, 5) is 16.7. The van der Waals surface area contributed by atoms with Gasteiger partial charge in [-0.3, -0.25) is 14.3 Å². The summed E-state index contributed by atoms with van der Waals surface area (Å²) in [6, 6.07) is 25.7. The van der Waals surface area contributed by atoms with E-state index in [-0.39, 0.29) is 11.7 Å². The minimum Gasteiger partial charge on any atom is -0.348 e. The van der Waals surface area contributed by atoms with Crippen LogP contribution in [0.25, 0.3) is 17.1 Å². The summed E-state index contributed by atoms with van der Waals surface area (Å²) in [5.74, 6) is 0.591. The van der Waals surface area contributed by atoms with E-state index in [9.17, 15) is 9.18 Å². The van der Waals surface area contributed by atoms with Crippen LogP contribution >= 0.6 is 11.8 Å². The van der Waals surface area contributed by atoms with Crippen molar-refractivity contribution in [1.82, 2.24) is 25.1 Å². The number of para-hydroxylation sites is 1. The summed E-state index contributed by atoms with van der Waals surface area (Å²) < 4.78 is 16.6. The molecule has 0 spiro atoms. The minimum absolute atomic E-state index is 0.153. The van der Waals surface area contributed by atoms with E-state index in [1.807, 2.05) is 61.5 Å². The molecule has 0 bridgehead atoms. The van der Waals surface area contributed by atoms with Crippen LogP contribution in [-0.4, -0.2) is 25.7 Å². The second-order valence-electron chi connectivity index (χ2n) is 8.49. The van der Waals surface area contributed by atoms with Crippen molar-refractivity contribution < 1.29 is 9.18 Å². The Morgan fingerprint density at radius 1 is 0.919 bits per heavy atom. The predicted molar refractivity (Wildman–Crippen MR) is 143 cm³/mol. The summed E-state index contributed by atoms with van der Waals surface area (Å²) in [7, 11) is 0. The van der Waals surface area contributed by atoms with Crippen molar-refractivity contribution in [3.8, 4) is 17.1 Å². The molecule has 2 heterocycles. The van der Waals surface area contributed by atoms with Gasteiger partial charge in [-0.05, 0) is 54.4 Å². The predicted octanol–water partition coefficient (Wildman–Crippen LogP) is 6.00. The average Bonchev–Trinajstić information content (AvgIpc) is 3.35. The molecule has 0 saturated heterocycles. The molecule has 0 saturated carbocycles. The zero-order chi connectivity index (χ0) is 25.6. The monoisotopic (exact) mass is 509 g/mol. The first-order chi connectivity index (χ1) is 18.1. The lowest BCUT2D eigenvalue weighted by molar-refractivity contribution is 0.0951. The van der Waals surface area contributed by atoms with E-state index in [1.54, 1.807) is 41.2 Å². The van der Waals surface area contributed by atoms with E-state index in [1.165, 1.54) is 17.8 Å². The molecular weight excluding hydrogens is 485 g/mol. The van der Waals surface area contributed by atoms with Gasteiger partial charge < -0.3 is 5.32 Å². The number of halogens is 1. The van der Waals surface area contributed by atoms with Crippen LogP contribution in [0, 0.1) is 12.7 Å². The van der Waals surface area contributed by atoms with Crippen LogP contribution in [0.15, 0.2) is 102 Å². The fraction of sp³-hybridized carbons (Fsp3) is 0.103. The number of nitrogens with one attached hydrogen (secondary N) is 1. The van der Waals surface area contributed by atoms with Gasteiger partial charge in [-0.2, -0.15) is 0 Å². The molecule has 0 unspecified atom stereocenters. The Bertz CT molecular complexity index is 1520. The first kappa shape index (κ1) is 24.4. The van der Waals surface area contributed by atoms with Crippen LogP contribution in [0.2, 0.25) is 0 Å². The van der Waals surface area contributed by atoms with Gasteiger partial charge in [0.1, 0.15) is 5.82 Å². The van der Waals surface area contributed by atoms with Gasteiger partial charge in [0.2, 0.25) is 0 Å². The summed E-state index contributed by atoms with van der Waals surface area (Å²) >= 11 is 1.44. The normalized spacial score (nSPS) is 10.9. The smallest absolute Gasteiger partial charge is 0.251 e. The van der Waals surface area contributed by atoms with E-state index < -0.39 is 0 Å². The third-order valence-electron chi connectivity index (χ3n) is 5.80. The van der Waals surface area contributed by atoms with Crippen LogP contribution in [-0.2, 0) is 12.3 Å². The third-order valence-corrected chi connectivity index (χ3v) is 6.80. The quantitative estimate of drug-likeness (QED) is 0.260. The highest BCUT2D eigenvalue weighted by Crippen LogP contribution is 2.31. The van der Waals surface area contributed by atoms with E-state index in [0.717, 1.165) is 22.3 Å². The Morgan fingerprint density at radius 2 is 1.70 bits per heavy atom. The maximum Gasteiger partial charge on any atom is 0.251 e. The second-order valence-corrected chi connectivity index (χ2v) is 9.43. The average molecular weight is 510 g/mol. The molecule has 0 aliphatic rings. The van der Waals surface area contributed by atoms with E-state index in [0.29, 0.717) is 34.5 Å². The van der Waals surface area contributed by atoms with Gasteiger partial charge in [0.25, 0.3) is 5.91 Å². The topological polar surface area (TPSA) is 72.7 Å². The van der Waals surface area contributed by atoms with Crippen molar-refractivity contribution in [3.63, 3.8) is 0 Å². The van der Waals surface area contributed by atoms with Crippen molar-refractivity contribution >= 4 is 17.7 Å². The molecule has 8 heteroatoms. The highest BCUT2D eigenvalue weighted by molar-refractivity contribution is 7.98. The molecule has 1 N–H and O–H groups in total. The Morgan fingerprint density at radius 3 is 2.49 bits per heavy atom. The number of benzene rings is 3. The van der Waals surface area contributed by atoms with Crippen LogP contribution in [0.3, 0.4) is 0 Å². The zero-order valence-electron chi connectivity index (χ0n) is 20.1. The molecule has 0 fully saturated rings. The zero-order valence-corrected chi connectivity index (χ0v) is 21.0. The Balaban J connectivity index is 1.37. The van der Waals surface area contributed by atoms with Gasteiger partial charge >= 0.3 is 0 Å². The van der Waals surface area contributed by atoms with Crippen LogP contribution in [0.5, 0.6) is 0 Å². The summed E-state index contributed by atoms with van der Waals surface area (Å²) in [6.07, 6.45) is 3.40. The number of thioether (sulfide) groups is 1. The van der Waals surface area contributed by atoms with Crippen molar-refractivity contribution in [2.45, 2.75) is 24.4 Å². The van der Waals surface area contributed by atoms with Crippen molar-refractivity contribution in [2.75, 3.05) is 0 Å². The van der Waals surface area contributed by atoms with Gasteiger partial charge in [-0.15, -0.1) is 10.2 Å². The lowest BCUT2D eigenvalue weighted by Crippen LogP contribution is -2.22. The first-order valence-electron chi connectivity index (χ1n) is 11.7. The molecule has 6 nitrogen and oxygen atoms in total. The number of amides is 1. The molecule has 0 aliphatic heterocycles. The largest absolute Gasteiger partial charge is 0.348 e. The number of nitrogens with zero attached hydrogens (tertiary/aromatic N) is 4. The molecule has 0 radical (unpaired) electrons. The minimum atomic E-state index is -0.356. The van der Waals surface area contributed by atoms with Crippen LogP contribution in [0.1, 0.15) is 27.0 Å². The van der Waals surface area contributed by atoms with Crippen LogP contribution in [0.4, 0.5) is 4.39 Å². The lowest BCUT2D eigenvalue weighted by atomic mass is 10.1. The second kappa shape index (κ2) is 11.2. The Hall–Kier alpha value is -4.30. The fourth-order valence-corrected chi connectivity index (χ4v) is 4.73. The van der Waals surface area contributed by atoms with Crippen molar-refractivity contribution in [2.24, 2.45) is 0 Å². The maximum atomic E-state index is 14.9. The van der Waals surface area contributed by atoms with E-state index >= 15 is 0 Å². The fourth-order valence-electron chi connectivity index (χ4n) is 3.84. The highest BCUT2D eigenvalue weighted by Gasteiger charge is 2.19. The molecule has 2 aromatic heterocycles. The molecule has 5 rings (SSSR count). The van der Waals surface area contributed by atoms with Crippen LogP contribution < -0.4 is 5.32 Å². The molecule has 5 aromatic rings. The van der Waals surface area contributed by atoms with Crippen molar-refractivity contribution in [3.05, 3.63) is 125 Å². The molecule has 37 heavy (non-hydrogen) atoms. The van der Waals surface area contributed by atoms with Gasteiger partial charge in [0, 0.05) is 35.8 Å². The number of aryl methyl sites for hydroxylation is 1. The number of pyridine rings is 1. The third kappa shape index (κ3) is 5.76. The number of hydrogen-bond donors (Lipinski definition) is 1.